The molecule has 10 N–H and O–H groups in total. The van der Waals surface area contributed by atoms with Crippen molar-refractivity contribution >= 4 is 22.9 Å². The van der Waals surface area contributed by atoms with Gasteiger partial charge in [0, 0.05) is 23.8 Å². The highest BCUT2D eigenvalue weighted by Crippen LogP contribution is 2.37. The molecule has 18 nitrogen and oxygen atoms in total. The molecule has 10 atom stereocenters. The Morgan fingerprint density at radius 2 is 1.22 bits per heavy atom. The van der Waals surface area contributed by atoms with E-state index in [0.717, 1.165) is 30.3 Å². The molecule has 242 valence electrons. The number of hydrogen-bond donors (Lipinski definition) is 10. The summed E-state index contributed by atoms with van der Waals surface area (Å²) in [6, 6.07) is 6.43. The first-order valence-corrected chi connectivity index (χ1v) is 13.0. The number of aliphatic hydroxyl groups is 6. The number of aromatic hydroxyl groups is 2. The van der Waals surface area contributed by atoms with Crippen LogP contribution >= 0.6 is 0 Å². The average molecular weight is 638 g/mol. The van der Waals surface area contributed by atoms with E-state index in [0.29, 0.717) is 0 Å². The van der Waals surface area contributed by atoms with E-state index >= 15 is 0 Å². The number of carboxylic acid groups (broad SMARTS) is 2. The van der Waals surface area contributed by atoms with Crippen molar-refractivity contribution in [3.63, 3.8) is 0 Å². The molecule has 0 aliphatic carbocycles. The van der Waals surface area contributed by atoms with Gasteiger partial charge in [0.1, 0.15) is 64.9 Å². The van der Waals surface area contributed by atoms with Gasteiger partial charge in [-0.3, -0.25) is 4.79 Å². The molecule has 0 spiro atoms. The zero-order valence-electron chi connectivity index (χ0n) is 22.5. The smallest absolute Gasteiger partial charge is 0.335 e. The van der Waals surface area contributed by atoms with Gasteiger partial charge in [-0.15, -0.1) is 0 Å². The molecule has 2 aliphatic rings. The maximum absolute atomic E-state index is 12.9. The van der Waals surface area contributed by atoms with Crippen LogP contribution < -0.4 is 14.9 Å². The quantitative estimate of drug-likeness (QED) is 0.127. The van der Waals surface area contributed by atoms with Crippen molar-refractivity contribution in [3.05, 3.63) is 46.6 Å². The second-order valence-electron chi connectivity index (χ2n) is 10.2. The lowest BCUT2D eigenvalue weighted by Gasteiger charge is -2.38. The number of aliphatic carboxylic acids is 2. The Bertz CT molecular complexity index is 1670. The van der Waals surface area contributed by atoms with Crippen LogP contribution in [0.4, 0.5) is 0 Å². The van der Waals surface area contributed by atoms with Crippen molar-refractivity contribution < 1.29 is 84.0 Å². The minimum Gasteiger partial charge on any atom is -0.507 e. The Kier molecular flexibility index (Phi) is 8.58. The Hall–Kier alpha value is -4.53. The van der Waals surface area contributed by atoms with E-state index < -0.39 is 96.0 Å². The first-order valence-electron chi connectivity index (χ1n) is 13.0. The molecular formula is C27H26O18. The molecule has 2 unspecified atom stereocenters. The molecule has 3 heterocycles. The van der Waals surface area contributed by atoms with E-state index in [1.807, 2.05) is 0 Å². The summed E-state index contributed by atoms with van der Waals surface area (Å²) in [6.07, 6.45) is -19.5. The van der Waals surface area contributed by atoms with Crippen LogP contribution in [0.3, 0.4) is 0 Å². The van der Waals surface area contributed by atoms with Gasteiger partial charge < -0.3 is 74.4 Å². The number of rotatable bonds is 7. The van der Waals surface area contributed by atoms with Gasteiger partial charge in [0.25, 0.3) is 0 Å². The van der Waals surface area contributed by atoms with Crippen molar-refractivity contribution in [1.82, 2.24) is 0 Å². The number of carbonyl (C=O) groups is 2. The minimum absolute atomic E-state index is 0.0562. The second kappa shape index (κ2) is 12.1. The van der Waals surface area contributed by atoms with Crippen LogP contribution in [0, 0.1) is 0 Å². The van der Waals surface area contributed by atoms with Crippen LogP contribution in [0.5, 0.6) is 23.0 Å². The third-order valence-corrected chi connectivity index (χ3v) is 7.15. The van der Waals surface area contributed by atoms with Gasteiger partial charge in [0.15, 0.2) is 29.1 Å². The van der Waals surface area contributed by atoms with Crippen LogP contribution in [-0.2, 0) is 19.1 Å². The zero-order chi connectivity index (χ0) is 32.9. The van der Waals surface area contributed by atoms with Crippen LogP contribution in [0.2, 0.25) is 0 Å². The average Bonchev–Trinajstić information content (AvgIpc) is 2.97. The van der Waals surface area contributed by atoms with E-state index in [9.17, 15) is 65.4 Å². The van der Waals surface area contributed by atoms with Gasteiger partial charge in [-0.05, 0) is 18.2 Å². The van der Waals surface area contributed by atoms with Crippen molar-refractivity contribution in [2.24, 2.45) is 0 Å². The monoisotopic (exact) mass is 638 g/mol. The molecular weight excluding hydrogens is 612 g/mol. The minimum atomic E-state index is -1.99. The molecule has 5 rings (SSSR count). The maximum Gasteiger partial charge on any atom is 0.335 e. The van der Waals surface area contributed by atoms with Crippen molar-refractivity contribution in [2.75, 3.05) is 0 Å². The fourth-order valence-electron chi connectivity index (χ4n) is 4.77. The molecule has 2 saturated heterocycles. The third kappa shape index (κ3) is 5.95. The zero-order valence-corrected chi connectivity index (χ0v) is 22.5. The number of aliphatic hydroxyl groups excluding tert-OH is 6. The van der Waals surface area contributed by atoms with Crippen LogP contribution in [0.1, 0.15) is 0 Å². The van der Waals surface area contributed by atoms with Crippen molar-refractivity contribution in [3.8, 4) is 34.3 Å². The highest BCUT2D eigenvalue weighted by atomic mass is 16.7. The molecule has 3 aromatic rings. The molecule has 2 aliphatic heterocycles. The van der Waals surface area contributed by atoms with Gasteiger partial charge in [-0.25, -0.2) is 9.59 Å². The standard InChI is InChI=1S/C27H26O18/c28-9-2-1-7(3-13(9)43-27-21(36)17(32)19(34)23(45-27)25(39)40)12-6-11(30)15-10(29)4-8(5-14(15)42-12)41-26-20(35)16(31)18(33)22(44-26)24(37)38/h1-6,16-23,26-29,31-36H,(H,37,38)(H,39,40)/t16-,17-,18-,19-,20+,21+,22-,23-,26?,27?/m0/s1. The van der Waals surface area contributed by atoms with Gasteiger partial charge in [-0.1, -0.05) is 0 Å². The number of hydrogen-bond acceptors (Lipinski definition) is 16. The van der Waals surface area contributed by atoms with Gasteiger partial charge in [-0.2, -0.15) is 0 Å². The molecule has 2 aromatic carbocycles. The molecule has 0 saturated carbocycles. The molecule has 1 aromatic heterocycles. The first kappa shape index (κ1) is 31.9. The van der Waals surface area contributed by atoms with Crippen molar-refractivity contribution in [2.45, 2.75) is 61.4 Å². The lowest BCUT2D eigenvalue weighted by Crippen LogP contribution is -2.61. The summed E-state index contributed by atoms with van der Waals surface area (Å²) < 4.78 is 26.7. The van der Waals surface area contributed by atoms with Crippen LogP contribution in [0.25, 0.3) is 22.3 Å². The number of phenols is 2. The maximum atomic E-state index is 12.9. The van der Waals surface area contributed by atoms with Crippen LogP contribution in [-0.4, -0.2) is 124 Å². The SMILES string of the molecule is O=C(O)[C@H]1OC(Oc2cc(O)c3c(=O)cc(-c4ccc(O)c(OC5O[C@H](C(=O)O)[C@@H](O)[C@H](O)[C@H]5O)c4)oc3c2)[C@H](O)[C@@H](O)[C@@H]1O. The summed E-state index contributed by atoms with van der Waals surface area (Å²) >= 11 is 0. The lowest BCUT2D eigenvalue weighted by atomic mass is 9.99. The molecule has 45 heavy (non-hydrogen) atoms. The Labute approximate surface area is 249 Å². The lowest BCUT2D eigenvalue weighted by molar-refractivity contribution is -0.271. The normalized spacial score (nSPS) is 31.8. The largest absolute Gasteiger partial charge is 0.507 e. The highest BCUT2D eigenvalue weighted by molar-refractivity contribution is 5.86. The van der Waals surface area contributed by atoms with E-state index in [2.05, 4.69) is 0 Å². The molecule has 2 fully saturated rings. The summed E-state index contributed by atoms with van der Waals surface area (Å²) in [7, 11) is 0. The predicted molar refractivity (Wildman–Crippen MR) is 141 cm³/mol. The number of phenolic OH excluding ortho intramolecular Hbond substituents is 2. The second-order valence-corrected chi connectivity index (χ2v) is 10.2. The number of benzene rings is 2. The Morgan fingerprint density at radius 3 is 1.78 bits per heavy atom. The number of ether oxygens (including phenoxy) is 4. The summed E-state index contributed by atoms with van der Waals surface area (Å²) in [5, 5.41) is 99.3. The number of fused-ring (bicyclic) bond motifs is 1. The predicted octanol–water partition coefficient (Wildman–Crippen LogP) is -2.59. The topological polar surface area (TPSA) is 304 Å². The van der Waals surface area contributed by atoms with Gasteiger partial charge in [0.05, 0.1) is 0 Å². The summed E-state index contributed by atoms with van der Waals surface area (Å²) in [5.41, 5.74) is -1.01. The van der Waals surface area contributed by atoms with Gasteiger partial charge >= 0.3 is 11.9 Å². The fourth-order valence-corrected chi connectivity index (χ4v) is 4.77. The Morgan fingerprint density at radius 1 is 0.667 bits per heavy atom. The van der Waals surface area contributed by atoms with Crippen molar-refractivity contribution in [1.29, 1.82) is 0 Å². The summed E-state index contributed by atoms with van der Waals surface area (Å²) in [6.45, 7) is 0. The van der Waals surface area contributed by atoms with E-state index in [1.165, 1.54) is 6.07 Å². The van der Waals surface area contributed by atoms with E-state index in [1.54, 1.807) is 0 Å². The summed E-state index contributed by atoms with van der Waals surface area (Å²) in [5.74, 6) is -5.45. The fraction of sp³-hybridized carbons (Fsp3) is 0.370. The molecule has 18 heteroatoms. The van der Waals surface area contributed by atoms with E-state index in [-0.39, 0.29) is 28.0 Å². The molecule has 0 bridgehead atoms. The Balaban J connectivity index is 1.46. The van der Waals surface area contributed by atoms with E-state index in [4.69, 9.17) is 23.4 Å². The van der Waals surface area contributed by atoms with Crippen LogP contribution in [0.15, 0.2) is 45.6 Å². The summed E-state index contributed by atoms with van der Waals surface area (Å²) in [4.78, 5) is 35.7. The number of carboxylic acids is 2. The first-order chi connectivity index (χ1) is 21.2. The molecule has 0 radical (unpaired) electrons. The van der Waals surface area contributed by atoms with Gasteiger partial charge in [0.2, 0.25) is 12.6 Å². The highest BCUT2D eigenvalue weighted by Gasteiger charge is 2.49. The molecule has 0 amide bonds. The third-order valence-electron chi connectivity index (χ3n) is 7.15.